The zero-order chi connectivity index (χ0) is 44.9. The topological polar surface area (TPSA) is 43.9 Å². The number of aromatic nitrogens is 3. The van der Waals surface area contributed by atoms with Crippen LogP contribution in [-0.2, 0) is 37.4 Å². The summed E-state index contributed by atoms with van der Waals surface area (Å²) in [5.74, 6) is 0.816. The molecule has 0 spiro atoms. The van der Waals surface area contributed by atoms with E-state index in [-0.39, 0.29) is 36.4 Å². The first-order valence-corrected chi connectivity index (χ1v) is 25.8. The second-order valence-corrected chi connectivity index (χ2v) is 26.3. The van der Waals surface area contributed by atoms with Crippen LogP contribution in [-0.4, -0.2) is 22.6 Å². The quantitative estimate of drug-likeness (QED) is 0.123. The van der Waals surface area contributed by atoms with Crippen molar-refractivity contribution in [3.63, 3.8) is 0 Å². The van der Waals surface area contributed by atoms with Crippen molar-refractivity contribution in [3.8, 4) is 39.5 Å². The van der Waals surface area contributed by atoms with Crippen molar-refractivity contribution in [2.24, 2.45) is 5.41 Å². The summed E-state index contributed by atoms with van der Waals surface area (Å²) in [6.07, 6.45) is 3.22. The molecule has 0 saturated carbocycles. The van der Waals surface area contributed by atoms with Crippen molar-refractivity contribution in [1.82, 2.24) is 14.5 Å². The Balaban J connectivity index is 0.000000206. The summed E-state index contributed by atoms with van der Waals surface area (Å²) in [6.45, 7) is 27.7. The molecule has 0 aliphatic carbocycles. The van der Waals surface area contributed by atoms with Crippen molar-refractivity contribution in [2.75, 3.05) is 0 Å². The number of fused-ring (bicyclic) bond motifs is 4. The van der Waals surface area contributed by atoms with E-state index in [4.69, 9.17) is 14.4 Å². The van der Waals surface area contributed by atoms with E-state index in [1.54, 1.807) is 0 Å². The number of para-hydroxylation sites is 3. The average Bonchev–Trinajstić information content (AvgIpc) is 3.81. The van der Waals surface area contributed by atoms with Gasteiger partial charge in [-0.3, -0.25) is 4.98 Å². The molecule has 0 N–H and O–H groups in total. The van der Waals surface area contributed by atoms with Crippen molar-refractivity contribution in [1.29, 1.82) is 0 Å². The van der Waals surface area contributed by atoms with Gasteiger partial charge in [0.05, 0.1) is 30.5 Å². The van der Waals surface area contributed by atoms with Gasteiger partial charge in [0.15, 0.2) is 0 Å². The van der Waals surface area contributed by atoms with Gasteiger partial charge in [-0.1, -0.05) is 171 Å². The molecule has 1 radical (unpaired) electrons. The number of benzene rings is 6. The van der Waals surface area contributed by atoms with Gasteiger partial charge >= 0.3 is 0 Å². The van der Waals surface area contributed by atoms with Gasteiger partial charge in [-0.15, -0.1) is 53.6 Å². The maximum Gasteiger partial charge on any atom is 0.120 e. The maximum atomic E-state index is 6.42. The second-order valence-electron chi connectivity index (χ2n) is 21.3. The third kappa shape index (κ3) is 9.81. The van der Waals surface area contributed by atoms with Crippen LogP contribution in [0.25, 0.3) is 72.4 Å². The van der Waals surface area contributed by atoms with Crippen molar-refractivity contribution < 1.29 is 24.5 Å². The fourth-order valence-corrected chi connectivity index (χ4v) is 10.0. The Morgan fingerprint density at radius 1 is 0.656 bits per heavy atom. The molecule has 6 aromatic carbocycles. The van der Waals surface area contributed by atoms with Gasteiger partial charge in [0, 0.05) is 42.9 Å². The molecular weight excluding hydrogens is 975 g/mol. The summed E-state index contributed by atoms with van der Waals surface area (Å²) in [6, 6.07) is 53.6. The molecule has 9 rings (SSSR count). The van der Waals surface area contributed by atoms with Gasteiger partial charge in [0.1, 0.15) is 5.58 Å². The number of furan rings is 1. The van der Waals surface area contributed by atoms with Crippen molar-refractivity contribution >= 4 is 46.2 Å². The number of nitrogens with zero attached hydrogens (tertiary/aromatic N) is 3. The fraction of sp³-hybridized carbons (Fsp3) is 0.276. The van der Waals surface area contributed by atoms with E-state index in [9.17, 15) is 0 Å². The Bertz CT molecular complexity index is 3080. The monoisotopic (exact) mass is 1040 g/mol. The van der Waals surface area contributed by atoms with Gasteiger partial charge in [0.25, 0.3) is 0 Å². The molecule has 0 aliphatic heterocycles. The molecule has 0 fully saturated rings. The summed E-state index contributed by atoms with van der Waals surface area (Å²) in [4.78, 5) is 9.99. The molecule has 0 aliphatic rings. The van der Waals surface area contributed by atoms with Crippen LogP contribution in [0.3, 0.4) is 0 Å². The van der Waals surface area contributed by atoms with Crippen LogP contribution in [0.4, 0.5) is 0 Å². The predicted molar refractivity (Wildman–Crippen MR) is 270 cm³/mol. The summed E-state index contributed by atoms with van der Waals surface area (Å²) >= 11 is 0. The molecule has 3 heterocycles. The summed E-state index contributed by atoms with van der Waals surface area (Å²) < 4.78 is 8.69. The van der Waals surface area contributed by atoms with E-state index < -0.39 is 8.07 Å². The van der Waals surface area contributed by atoms with E-state index in [0.29, 0.717) is 0 Å². The van der Waals surface area contributed by atoms with Crippen LogP contribution in [0.2, 0.25) is 19.6 Å². The van der Waals surface area contributed by atoms with Gasteiger partial charge in [-0.25, -0.2) is 0 Å². The SMILES string of the molecule is CC(C)(C)Cc1cc(-c2[c-]ccc(C(C)(C)C)c2)ncc1[Si](C)(C)C.CC(C)(C)c1ccc(-n2c(-c3[c-]ccc4c3oc3ccccc34)nc3ccccc32)c(-c2ccccc2)c1.[Ir]. The number of rotatable bonds is 6. The van der Waals surface area contributed by atoms with Crippen molar-refractivity contribution in [3.05, 3.63) is 168 Å². The molecule has 6 heteroatoms. The third-order valence-corrected chi connectivity index (χ3v) is 13.8. The largest absolute Gasteiger partial charge is 0.501 e. The van der Waals surface area contributed by atoms with E-state index in [0.717, 1.165) is 67.7 Å². The second kappa shape index (κ2) is 17.9. The fourth-order valence-electron chi connectivity index (χ4n) is 8.46. The predicted octanol–water partition coefficient (Wildman–Crippen LogP) is 15.3. The normalized spacial score (nSPS) is 12.3. The van der Waals surface area contributed by atoms with Crippen LogP contribution in [0, 0.1) is 17.5 Å². The Hall–Kier alpha value is -5.39. The molecule has 0 atom stereocenters. The van der Waals surface area contributed by atoms with Gasteiger partial charge in [-0.2, -0.15) is 0 Å². The van der Waals surface area contributed by atoms with Crippen LogP contribution in [0.15, 0.2) is 144 Å². The first kappa shape index (κ1) is 46.6. The minimum atomic E-state index is -1.42. The summed E-state index contributed by atoms with van der Waals surface area (Å²) in [5.41, 5.74) is 14.6. The van der Waals surface area contributed by atoms with Crippen LogP contribution in [0.1, 0.15) is 79.0 Å². The molecule has 0 amide bonds. The van der Waals surface area contributed by atoms with E-state index in [1.165, 1.54) is 33.0 Å². The van der Waals surface area contributed by atoms with Gasteiger partial charge < -0.3 is 14.0 Å². The minimum Gasteiger partial charge on any atom is -0.501 e. The van der Waals surface area contributed by atoms with E-state index in [2.05, 4.69) is 202 Å². The standard InChI is InChI=1S/C35H27N2O.C23H34NSi.Ir/c1-35(2,3)24-20-21-30(28(22-24)23-12-5-4-6-13-23)37-31-18-9-8-17-29(31)36-34(37)27-16-11-15-26-25-14-7-10-19-32(25)38-33(26)27;1-22(2,3)15-18-14-20(24-16-21(18)25(7,8)9)17-11-10-12-19(13-17)23(4,5)6;/h4-15,17-22H,1-3H3;10,12-14,16H,15H2,1-9H3;/q2*-1;. The molecule has 329 valence electrons. The Morgan fingerprint density at radius 2 is 1.31 bits per heavy atom. The van der Waals surface area contributed by atoms with Crippen LogP contribution >= 0.6 is 0 Å². The number of pyridine rings is 1. The van der Waals surface area contributed by atoms with Crippen molar-refractivity contribution in [2.45, 2.75) is 99.2 Å². The van der Waals surface area contributed by atoms with Gasteiger partial charge in [0.2, 0.25) is 0 Å². The third-order valence-electron chi connectivity index (χ3n) is 11.8. The summed E-state index contributed by atoms with van der Waals surface area (Å²) in [7, 11) is -1.42. The molecule has 0 bridgehead atoms. The zero-order valence-corrected chi connectivity index (χ0v) is 43.0. The molecule has 4 nitrogen and oxygen atoms in total. The molecule has 9 aromatic rings. The number of hydrogen-bond acceptors (Lipinski definition) is 3. The first-order chi connectivity index (χ1) is 29.8. The maximum absolute atomic E-state index is 6.42. The Kier molecular flexibility index (Phi) is 13.0. The summed E-state index contributed by atoms with van der Waals surface area (Å²) in [5, 5.41) is 3.65. The van der Waals surface area contributed by atoms with E-state index in [1.807, 2.05) is 36.4 Å². The van der Waals surface area contributed by atoms with Gasteiger partial charge in [-0.05, 0) is 75.0 Å². The molecular formula is C58H61IrN3OSi-2. The number of imidazole rings is 1. The Morgan fingerprint density at radius 3 is 2.02 bits per heavy atom. The zero-order valence-electron chi connectivity index (χ0n) is 39.6. The molecule has 3 aromatic heterocycles. The number of hydrogen-bond donors (Lipinski definition) is 0. The van der Waals surface area contributed by atoms with E-state index >= 15 is 0 Å². The van der Waals surface area contributed by atoms with Crippen LogP contribution < -0.4 is 5.19 Å². The minimum absolute atomic E-state index is 0. The molecule has 64 heavy (non-hydrogen) atoms. The smallest absolute Gasteiger partial charge is 0.120 e. The molecule has 0 saturated heterocycles. The molecule has 0 unspecified atom stereocenters. The Labute approximate surface area is 395 Å². The first-order valence-electron chi connectivity index (χ1n) is 22.3. The van der Waals surface area contributed by atoms with Crippen LogP contribution in [0.5, 0.6) is 0 Å². The average molecular weight is 1040 g/mol.